The number of nitrogens with one attached hydrogen (secondary N) is 1. The van der Waals surface area contributed by atoms with Gasteiger partial charge in [0.2, 0.25) is 0 Å². The molecule has 0 aliphatic heterocycles. The lowest BCUT2D eigenvalue weighted by Gasteiger charge is -2.10. The maximum absolute atomic E-state index is 12.8. The maximum atomic E-state index is 12.8. The van der Waals surface area contributed by atoms with E-state index in [1.165, 1.54) is 11.3 Å². The minimum atomic E-state index is -0.117. The van der Waals surface area contributed by atoms with Gasteiger partial charge < -0.3 is 5.32 Å². The molecule has 0 saturated carbocycles. The van der Waals surface area contributed by atoms with Crippen LogP contribution in [-0.4, -0.2) is 26.1 Å². The van der Waals surface area contributed by atoms with Gasteiger partial charge >= 0.3 is 0 Å². The second kappa shape index (κ2) is 6.89. The van der Waals surface area contributed by atoms with Crippen LogP contribution in [0.25, 0.3) is 16.8 Å². The Morgan fingerprint density at radius 1 is 1.12 bits per heavy atom. The molecule has 0 aliphatic rings. The van der Waals surface area contributed by atoms with Gasteiger partial charge in [-0.1, -0.05) is 30.3 Å². The van der Waals surface area contributed by atoms with Crippen LogP contribution < -0.4 is 5.32 Å². The summed E-state index contributed by atoms with van der Waals surface area (Å²) in [4.78, 5) is 13.4. The fourth-order valence-corrected chi connectivity index (χ4v) is 3.59. The zero-order chi connectivity index (χ0) is 17.9. The van der Waals surface area contributed by atoms with Crippen molar-refractivity contribution < 1.29 is 4.79 Å². The molecule has 1 N–H and O–H groups in total. The summed E-state index contributed by atoms with van der Waals surface area (Å²) in [5, 5.41) is 16.1. The zero-order valence-electron chi connectivity index (χ0n) is 14.0. The number of hydrogen-bond acceptors (Lipinski definition) is 5. The predicted octanol–water partition coefficient (Wildman–Crippen LogP) is 3.95. The van der Waals surface area contributed by atoms with Gasteiger partial charge in [0.05, 0.1) is 10.6 Å². The summed E-state index contributed by atoms with van der Waals surface area (Å²) in [5.41, 5.74) is 4.54. The average Bonchev–Trinajstić information content (AvgIpc) is 3.34. The molecule has 2 aromatic heterocycles. The number of hydrogen-bond donors (Lipinski definition) is 1. The standard InChI is InChI=1S/C19H15N5OS/c1-13-11-15(7-8-17(13)24-12-20-22-23-24)21-19(25)18-16(9-10-26-18)14-5-3-2-4-6-14/h2-12H,1H3,(H,21,25). The van der Waals surface area contributed by atoms with Crippen LogP contribution in [-0.2, 0) is 0 Å². The third-order valence-corrected chi connectivity index (χ3v) is 4.92. The van der Waals surface area contributed by atoms with Crippen LogP contribution in [0.15, 0.2) is 66.3 Å². The summed E-state index contributed by atoms with van der Waals surface area (Å²) in [6, 6.07) is 17.5. The first-order valence-electron chi connectivity index (χ1n) is 8.00. The van der Waals surface area contributed by atoms with Crippen molar-refractivity contribution in [3.8, 4) is 16.8 Å². The summed E-state index contributed by atoms with van der Waals surface area (Å²) >= 11 is 1.43. The van der Waals surface area contributed by atoms with E-state index in [0.29, 0.717) is 4.88 Å². The molecule has 4 aromatic rings. The summed E-state index contributed by atoms with van der Waals surface area (Å²) in [6.07, 6.45) is 1.54. The lowest BCUT2D eigenvalue weighted by molar-refractivity contribution is 0.103. The molecule has 7 heteroatoms. The smallest absolute Gasteiger partial charge is 0.266 e. The van der Waals surface area contributed by atoms with Crippen LogP contribution in [0.3, 0.4) is 0 Å². The number of benzene rings is 2. The minimum Gasteiger partial charge on any atom is -0.321 e. The Labute approximate surface area is 154 Å². The van der Waals surface area contributed by atoms with Crippen molar-refractivity contribution in [3.63, 3.8) is 0 Å². The largest absolute Gasteiger partial charge is 0.321 e. The Bertz CT molecular complexity index is 1040. The third-order valence-electron chi connectivity index (χ3n) is 4.01. The van der Waals surface area contributed by atoms with Crippen molar-refractivity contribution in [1.82, 2.24) is 20.2 Å². The first kappa shape index (κ1) is 16.2. The summed E-state index contributed by atoms with van der Waals surface area (Å²) < 4.78 is 1.59. The highest BCUT2D eigenvalue weighted by Crippen LogP contribution is 2.29. The van der Waals surface area contributed by atoms with Crippen LogP contribution in [0.4, 0.5) is 5.69 Å². The molecular formula is C19H15N5OS. The summed E-state index contributed by atoms with van der Waals surface area (Å²) in [6.45, 7) is 1.95. The molecule has 0 saturated heterocycles. The first-order chi connectivity index (χ1) is 12.7. The van der Waals surface area contributed by atoms with Gasteiger partial charge in [0.25, 0.3) is 5.91 Å². The monoisotopic (exact) mass is 361 g/mol. The SMILES string of the molecule is Cc1cc(NC(=O)c2sccc2-c2ccccc2)ccc1-n1cnnn1. The van der Waals surface area contributed by atoms with E-state index in [9.17, 15) is 4.79 Å². The van der Waals surface area contributed by atoms with Crippen molar-refractivity contribution in [3.05, 3.63) is 76.7 Å². The number of aromatic nitrogens is 4. The number of aryl methyl sites for hydroxylation is 1. The van der Waals surface area contributed by atoms with Gasteiger partial charge in [0, 0.05) is 11.3 Å². The number of rotatable bonds is 4. The van der Waals surface area contributed by atoms with E-state index in [1.54, 1.807) is 11.0 Å². The molecule has 2 aromatic carbocycles. The van der Waals surface area contributed by atoms with Crippen LogP contribution in [0.2, 0.25) is 0 Å². The van der Waals surface area contributed by atoms with E-state index in [0.717, 1.165) is 28.1 Å². The number of tetrazole rings is 1. The van der Waals surface area contributed by atoms with E-state index in [2.05, 4.69) is 20.8 Å². The molecule has 1 amide bonds. The van der Waals surface area contributed by atoms with Crippen molar-refractivity contribution in [2.75, 3.05) is 5.32 Å². The quantitative estimate of drug-likeness (QED) is 0.597. The van der Waals surface area contributed by atoms with Gasteiger partial charge in [-0.3, -0.25) is 4.79 Å². The Balaban J connectivity index is 1.58. The van der Waals surface area contributed by atoms with Gasteiger partial charge in [-0.15, -0.1) is 16.4 Å². The Morgan fingerprint density at radius 2 is 1.96 bits per heavy atom. The van der Waals surface area contributed by atoms with Gasteiger partial charge in [-0.2, -0.15) is 0 Å². The molecule has 0 aliphatic carbocycles. The molecule has 0 unspecified atom stereocenters. The number of amides is 1. The van der Waals surface area contributed by atoms with Gasteiger partial charge in [0.15, 0.2) is 0 Å². The zero-order valence-corrected chi connectivity index (χ0v) is 14.8. The lowest BCUT2D eigenvalue weighted by Crippen LogP contribution is -2.11. The Hall–Kier alpha value is -3.32. The maximum Gasteiger partial charge on any atom is 0.266 e. The van der Waals surface area contributed by atoms with Crippen molar-refractivity contribution in [1.29, 1.82) is 0 Å². The highest BCUT2D eigenvalue weighted by atomic mass is 32.1. The Kier molecular flexibility index (Phi) is 4.28. The van der Waals surface area contributed by atoms with Gasteiger partial charge in [-0.25, -0.2) is 4.68 Å². The molecule has 4 rings (SSSR count). The second-order valence-electron chi connectivity index (χ2n) is 5.74. The van der Waals surface area contributed by atoms with Gasteiger partial charge in [-0.05, 0) is 58.1 Å². The third kappa shape index (κ3) is 3.12. The number of nitrogens with zero attached hydrogens (tertiary/aromatic N) is 4. The van der Waals surface area contributed by atoms with Crippen LogP contribution in [0, 0.1) is 6.92 Å². The summed E-state index contributed by atoms with van der Waals surface area (Å²) in [7, 11) is 0. The molecule has 6 nitrogen and oxygen atoms in total. The number of thiophene rings is 1. The molecule has 128 valence electrons. The van der Waals surface area contributed by atoms with Crippen molar-refractivity contribution in [2.24, 2.45) is 0 Å². The van der Waals surface area contributed by atoms with E-state index in [1.807, 2.05) is 66.9 Å². The van der Waals surface area contributed by atoms with E-state index in [-0.39, 0.29) is 5.91 Å². The Morgan fingerprint density at radius 3 is 2.69 bits per heavy atom. The lowest BCUT2D eigenvalue weighted by atomic mass is 10.1. The minimum absolute atomic E-state index is 0.117. The van der Waals surface area contributed by atoms with Crippen LogP contribution in [0.5, 0.6) is 0 Å². The second-order valence-corrected chi connectivity index (χ2v) is 6.66. The van der Waals surface area contributed by atoms with Crippen LogP contribution in [0.1, 0.15) is 15.2 Å². The highest BCUT2D eigenvalue weighted by molar-refractivity contribution is 7.12. The molecule has 0 atom stereocenters. The number of carbonyl (C=O) groups is 1. The average molecular weight is 361 g/mol. The molecule has 0 radical (unpaired) electrons. The molecule has 0 spiro atoms. The fraction of sp³-hybridized carbons (Fsp3) is 0.0526. The fourth-order valence-electron chi connectivity index (χ4n) is 2.78. The van der Waals surface area contributed by atoms with Gasteiger partial charge in [0.1, 0.15) is 6.33 Å². The number of anilines is 1. The normalized spacial score (nSPS) is 10.7. The van der Waals surface area contributed by atoms with Crippen molar-refractivity contribution in [2.45, 2.75) is 6.92 Å². The van der Waals surface area contributed by atoms with Crippen molar-refractivity contribution >= 4 is 22.9 Å². The molecule has 0 fully saturated rings. The summed E-state index contributed by atoms with van der Waals surface area (Å²) in [5.74, 6) is -0.117. The molecule has 0 bridgehead atoms. The van der Waals surface area contributed by atoms with Crippen LogP contribution >= 0.6 is 11.3 Å². The number of carbonyl (C=O) groups excluding carboxylic acids is 1. The molecule has 26 heavy (non-hydrogen) atoms. The molecular weight excluding hydrogens is 346 g/mol. The van der Waals surface area contributed by atoms with E-state index >= 15 is 0 Å². The predicted molar refractivity (Wildman–Crippen MR) is 102 cm³/mol. The molecule has 2 heterocycles. The first-order valence-corrected chi connectivity index (χ1v) is 8.88. The van der Waals surface area contributed by atoms with E-state index < -0.39 is 0 Å². The highest BCUT2D eigenvalue weighted by Gasteiger charge is 2.15. The van der Waals surface area contributed by atoms with E-state index in [4.69, 9.17) is 0 Å². The topological polar surface area (TPSA) is 72.7 Å².